The maximum absolute atomic E-state index is 5.41. The number of ether oxygens (including phenoxy) is 1. The van der Waals surface area contributed by atoms with Crippen LogP contribution in [-0.4, -0.2) is 33.4 Å². The molecule has 0 amide bonds. The Balaban J connectivity index is 1.69. The highest BCUT2D eigenvalue weighted by molar-refractivity contribution is 7.98. The van der Waals surface area contributed by atoms with E-state index < -0.39 is 0 Å². The van der Waals surface area contributed by atoms with Crippen LogP contribution >= 0.6 is 11.8 Å². The lowest BCUT2D eigenvalue weighted by atomic mass is 10.1. The molecule has 7 heteroatoms. The number of hydrogen-bond donors (Lipinski definition) is 0. The number of aromatic nitrogens is 4. The summed E-state index contributed by atoms with van der Waals surface area (Å²) >= 11 is 1.60. The Bertz CT molecular complexity index is 855. The summed E-state index contributed by atoms with van der Waals surface area (Å²) in [7, 11) is 1.71. The normalized spacial score (nSPS) is 11.2. The Kier molecular flexibility index (Phi) is 6.11. The van der Waals surface area contributed by atoms with Crippen molar-refractivity contribution in [3.8, 4) is 11.4 Å². The molecule has 0 atom stereocenters. The van der Waals surface area contributed by atoms with Gasteiger partial charge in [-0.15, -0.1) is 0 Å². The molecule has 138 valence electrons. The Morgan fingerprint density at radius 1 is 1.15 bits per heavy atom. The third-order valence-electron chi connectivity index (χ3n) is 4.35. The molecular formula is C19H24N4O2S. The predicted octanol–water partition coefficient (Wildman–Crippen LogP) is 4.05. The standard InChI is InChI=1S/C19H24N4O2S/c1-5-15-6-8-16(9-7-15)18-21-17(25-22-18)12-26-19-20-13(2)14(3)23(19)10-11-24-4/h6-9H,5,10-12H2,1-4H3. The second-order valence-corrected chi connectivity index (χ2v) is 7.00. The third-order valence-corrected chi connectivity index (χ3v) is 5.32. The van der Waals surface area contributed by atoms with Crippen molar-refractivity contribution in [1.29, 1.82) is 0 Å². The second-order valence-electron chi connectivity index (χ2n) is 6.06. The summed E-state index contributed by atoms with van der Waals surface area (Å²) in [6.45, 7) is 7.67. The monoisotopic (exact) mass is 372 g/mol. The van der Waals surface area contributed by atoms with Crippen LogP contribution in [0.5, 0.6) is 0 Å². The van der Waals surface area contributed by atoms with E-state index in [9.17, 15) is 0 Å². The fourth-order valence-electron chi connectivity index (χ4n) is 2.63. The number of benzene rings is 1. The van der Waals surface area contributed by atoms with E-state index in [0.29, 0.717) is 24.1 Å². The Morgan fingerprint density at radius 3 is 2.62 bits per heavy atom. The van der Waals surface area contributed by atoms with Gasteiger partial charge in [0.1, 0.15) is 0 Å². The average Bonchev–Trinajstić information content (AvgIpc) is 3.24. The molecule has 0 saturated heterocycles. The van der Waals surface area contributed by atoms with Crippen molar-refractivity contribution in [2.45, 2.75) is 44.6 Å². The lowest BCUT2D eigenvalue weighted by Crippen LogP contribution is -2.07. The molecule has 3 rings (SSSR count). The number of aryl methyl sites for hydroxylation is 2. The highest BCUT2D eigenvalue weighted by atomic mass is 32.2. The molecule has 2 aromatic heterocycles. The molecule has 3 aromatic rings. The molecule has 26 heavy (non-hydrogen) atoms. The first-order valence-electron chi connectivity index (χ1n) is 8.69. The van der Waals surface area contributed by atoms with Crippen molar-refractivity contribution in [2.75, 3.05) is 13.7 Å². The van der Waals surface area contributed by atoms with Gasteiger partial charge in [0.05, 0.1) is 18.1 Å². The number of rotatable bonds is 8. The Hall–Kier alpha value is -2.12. The van der Waals surface area contributed by atoms with Gasteiger partial charge in [-0.05, 0) is 25.8 Å². The average molecular weight is 372 g/mol. The van der Waals surface area contributed by atoms with Crippen molar-refractivity contribution in [1.82, 2.24) is 19.7 Å². The second kappa shape index (κ2) is 8.51. The van der Waals surface area contributed by atoms with Gasteiger partial charge in [-0.1, -0.05) is 48.1 Å². The van der Waals surface area contributed by atoms with E-state index in [1.807, 2.05) is 19.1 Å². The first-order chi connectivity index (χ1) is 12.6. The summed E-state index contributed by atoms with van der Waals surface area (Å²) in [5.41, 5.74) is 4.45. The van der Waals surface area contributed by atoms with Crippen LogP contribution in [0.4, 0.5) is 0 Å². The zero-order chi connectivity index (χ0) is 18.5. The summed E-state index contributed by atoms with van der Waals surface area (Å²) < 4.78 is 12.8. The van der Waals surface area contributed by atoms with Gasteiger partial charge >= 0.3 is 0 Å². The van der Waals surface area contributed by atoms with Gasteiger partial charge in [-0.25, -0.2) is 4.98 Å². The van der Waals surface area contributed by atoms with Crippen molar-refractivity contribution in [3.05, 3.63) is 47.1 Å². The lowest BCUT2D eigenvalue weighted by molar-refractivity contribution is 0.184. The molecule has 0 aliphatic heterocycles. The zero-order valence-corrected chi connectivity index (χ0v) is 16.5. The quantitative estimate of drug-likeness (QED) is 0.556. The lowest BCUT2D eigenvalue weighted by Gasteiger charge is -2.08. The van der Waals surface area contributed by atoms with Crippen LogP contribution in [0.15, 0.2) is 33.9 Å². The fraction of sp³-hybridized carbons (Fsp3) is 0.421. The molecule has 0 aliphatic carbocycles. The van der Waals surface area contributed by atoms with Crippen LogP contribution in [0, 0.1) is 13.8 Å². The van der Waals surface area contributed by atoms with Gasteiger partial charge in [-0.3, -0.25) is 0 Å². The highest BCUT2D eigenvalue weighted by Crippen LogP contribution is 2.25. The van der Waals surface area contributed by atoms with Gasteiger partial charge in [0.25, 0.3) is 0 Å². The third kappa shape index (κ3) is 4.16. The summed E-state index contributed by atoms with van der Waals surface area (Å²) in [5.74, 6) is 1.81. The predicted molar refractivity (Wildman–Crippen MR) is 102 cm³/mol. The molecule has 0 bridgehead atoms. The van der Waals surface area contributed by atoms with Crippen LogP contribution < -0.4 is 0 Å². The Labute approximate surface area is 158 Å². The van der Waals surface area contributed by atoms with Crippen molar-refractivity contribution in [3.63, 3.8) is 0 Å². The van der Waals surface area contributed by atoms with Crippen molar-refractivity contribution >= 4 is 11.8 Å². The Morgan fingerprint density at radius 2 is 1.92 bits per heavy atom. The number of imidazole rings is 1. The van der Waals surface area contributed by atoms with Crippen LogP contribution in [-0.2, 0) is 23.5 Å². The summed E-state index contributed by atoms with van der Waals surface area (Å²) in [6.07, 6.45) is 1.02. The SMILES string of the molecule is CCc1ccc(-c2noc(CSc3nc(C)c(C)n3CCOC)n2)cc1. The number of thioether (sulfide) groups is 1. The highest BCUT2D eigenvalue weighted by Gasteiger charge is 2.14. The summed E-state index contributed by atoms with van der Waals surface area (Å²) in [5, 5.41) is 5.05. The number of methoxy groups -OCH3 is 1. The van der Waals surface area contributed by atoms with E-state index >= 15 is 0 Å². The minimum absolute atomic E-state index is 0.586. The van der Waals surface area contributed by atoms with E-state index in [4.69, 9.17) is 9.26 Å². The van der Waals surface area contributed by atoms with Crippen molar-refractivity contribution < 1.29 is 9.26 Å². The molecule has 0 radical (unpaired) electrons. The molecule has 0 unspecified atom stereocenters. The molecule has 6 nitrogen and oxygen atoms in total. The molecule has 0 saturated carbocycles. The van der Waals surface area contributed by atoms with Crippen LogP contribution in [0.2, 0.25) is 0 Å². The van der Waals surface area contributed by atoms with Crippen LogP contribution in [0.3, 0.4) is 0 Å². The first-order valence-corrected chi connectivity index (χ1v) is 9.68. The van der Waals surface area contributed by atoms with E-state index in [1.165, 1.54) is 5.56 Å². The van der Waals surface area contributed by atoms with E-state index in [1.54, 1.807) is 18.9 Å². The van der Waals surface area contributed by atoms with E-state index in [-0.39, 0.29) is 0 Å². The summed E-state index contributed by atoms with van der Waals surface area (Å²) in [6, 6.07) is 8.26. The maximum atomic E-state index is 5.41. The van der Waals surface area contributed by atoms with Gasteiger partial charge in [0, 0.05) is 24.9 Å². The first kappa shape index (κ1) is 18.7. The molecule has 0 fully saturated rings. The van der Waals surface area contributed by atoms with E-state index in [2.05, 4.69) is 45.7 Å². The zero-order valence-electron chi connectivity index (χ0n) is 15.7. The van der Waals surface area contributed by atoms with Gasteiger partial charge < -0.3 is 13.8 Å². The molecular weight excluding hydrogens is 348 g/mol. The van der Waals surface area contributed by atoms with Crippen molar-refractivity contribution in [2.24, 2.45) is 0 Å². The van der Waals surface area contributed by atoms with Gasteiger partial charge in [0.15, 0.2) is 5.16 Å². The largest absolute Gasteiger partial charge is 0.383 e. The van der Waals surface area contributed by atoms with E-state index in [0.717, 1.165) is 35.1 Å². The topological polar surface area (TPSA) is 66.0 Å². The minimum atomic E-state index is 0.586. The van der Waals surface area contributed by atoms with Crippen LogP contribution in [0.1, 0.15) is 29.8 Å². The maximum Gasteiger partial charge on any atom is 0.237 e. The number of nitrogens with zero attached hydrogens (tertiary/aromatic N) is 4. The molecule has 0 aliphatic rings. The molecule has 1 aromatic carbocycles. The fourth-order valence-corrected chi connectivity index (χ4v) is 3.58. The summed E-state index contributed by atoms with van der Waals surface area (Å²) in [4.78, 5) is 9.15. The minimum Gasteiger partial charge on any atom is -0.383 e. The number of hydrogen-bond acceptors (Lipinski definition) is 6. The van der Waals surface area contributed by atoms with Crippen LogP contribution in [0.25, 0.3) is 11.4 Å². The molecule has 2 heterocycles. The van der Waals surface area contributed by atoms with Gasteiger partial charge in [0.2, 0.25) is 11.7 Å². The van der Waals surface area contributed by atoms with Gasteiger partial charge in [-0.2, -0.15) is 4.98 Å². The molecule has 0 spiro atoms. The smallest absolute Gasteiger partial charge is 0.237 e. The molecule has 0 N–H and O–H groups in total.